The number of benzene rings is 2. The summed E-state index contributed by atoms with van der Waals surface area (Å²) in [6, 6.07) is 14.9. The fourth-order valence-corrected chi connectivity index (χ4v) is 3.65. The summed E-state index contributed by atoms with van der Waals surface area (Å²) >= 11 is 6.19. The van der Waals surface area contributed by atoms with Crippen molar-refractivity contribution in [1.82, 2.24) is 4.90 Å². The first-order valence-electron chi connectivity index (χ1n) is 9.06. The molecule has 1 saturated heterocycles. The van der Waals surface area contributed by atoms with Crippen molar-refractivity contribution < 1.29 is 13.9 Å². The predicted molar refractivity (Wildman–Crippen MR) is 112 cm³/mol. The third-order valence-corrected chi connectivity index (χ3v) is 5.16. The van der Waals surface area contributed by atoms with Gasteiger partial charge in [-0.05, 0) is 31.0 Å². The average Bonchev–Trinajstić information content (AvgIpc) is 3.05. The zero-order valence-electron chi connectivity index (χ0n) is 15.3. The monoisotopic (exact) mass is 420 g/mol. The predicted octanol–water partition coefficient (Wildman–Crippen LogP) is 4.65. The molecule has 1 aliphatic heterocycles. The van der Waals surface area contributed by atoms with Gasteiger partial charge in [0.25, 0.3) is 5.91 Å². The number of furan rings is 1. The molecule has 0 saturated carbocycles. The molecule has 2 heterocycles. The number of piperidine rings is 1. The summed E-state index contributed by atoms with van der Waals surface area (Å²) in [4.78, 5) is 14.9. The minimum atomic E-state index is -0.140. The molecule has 7 heteroatoms. The standard InChI is InChI=1S/C21H21ClN2O3.ClH/c22-17-8-2-4-10-19(17)26-13-16-15-7-1-3-9-18(15)27-20(16)21(25)24-11-5-6-14(23)12-24;/h1-4,7-10,14H,5-6,11-13,23H2;1H. The molecule has 4 rings (SSSR count). The highest BCUT2D eigenvalue weighted by Crippen LogP contribution is 2.30. The Labute approximate surface area is 174 Å². The molecule has 1 amide bonds. The molecule has 1 aromatic heterocycles. The first kappa shape index (κ1) is 20.5. The number of halogens is 2. The third-order valence-electron chi connectivity index (χ3n) is 4.85. The number of amides is 1. The summed E-state index contributed by atoms with van der Waals surface area (Å²) in [5.74, 6) is 0.749. The van der Waals surface area contributed by atoms with Crippen molar-refractivity contribution in [3.05, 3.63) is 64.9 Å². The number of ether oxygens (including phenoxy) is 1. The van der Waals surface area contributed by atoms with E-state index >= 15 is 0 Å². The number of rotatable bonds is 4. The number of para-hydroxylation sites is 2. The van der Waals surface area contributed by atoms with E-state index in [1.54, 1.807) is 17.0 Å². The van der Waals surface area contributed by atoms with Gasteiger partial charge in [0, 0.05) is 30.1 Å². The Kier molecular flexibility index (Phi) is 6.50. The zero-order chi connectivity index (χ0) is 18.8. The number of carbonyl (C=O) groups excluding carboxylic acids is 1. The normalized spacial score (nSPS) is 16.6. The number of nitrogens with zero attached hydrogens (tertiary/aromatic N) is 1. The van der Waals surface area contributed by atoms with E-state index in [1.807, 2.05) is 36.4 Å². The van der Waals surface area contributed by atoms with Gasteiger partial charge < -0.3 is 19.8 Å². The Morgan fingerprint density at radius 1 is 1.21 bits per heavy atom. The first-order chi connectivity index (χ1) is 13.1. The molecule has 1 atom stereocenters. The van der Waals surface area contributed by atoms with Crippen molar-refractivity contribution in [2.24, 2.45) is 5.73 Å². The summed E-state index contributed by atoms with van der Waals surface area (Å²) in [7, 11) is 0. The molecule has 0 radical (unpaired) electrons. The number of hydrogen-bond donors (Lipinski definition) is 1. The van der Waals surface area contributed by atoms with Gasteiger partial charge in [0.15, 0.2) is 5.76 Å². The van der Waals surface area contributed by atoms with E-state index in [0.29, 0.717) is 35.2 Å². The molecule has 0 bridgehead atoms. The molecule has 0 aliphatic carbocycles. The van der Waals surface area contributed by atoms with Crippen LogP contribution in [0.3, 0.4) is 0 Å². The van der Waals surface area contributed by atoms with Crippen LogP contribution < -0.4 is 10.5 Å². The van der Waals surface area contributed by atoms with Crippen molar-refractivity contribution in [1.29, 1.82) is 0 Å². The highest BCUT2D eigenvalue weighted by Gasteiger charge is 2.28. The Bertz CT molecular complexity index is 973. The molecule has 2 aromatic carbocycles. The van der Waals surface area contributed by atoms with Crippen LogP contribution in [0.1, 0.15) is 29.0 Å². The van der Waals surface area contributed by atoms with Crippen LogP contribution in [0.4, 0.5) is 0 Å². The van der Waals surface area contributed by atoms with E-state index in [0.717, 1.165) is 23.8 Å². The summed E-state index contributed by atoms with van der Waals surface area (Å²) in [5.41, 5.74) is 7.44. The van der Waals surface area contributed by atoms with Crippen LogP contribution in [0.25, 0.3) is 11.0 Å². The van der Waals surface area contributed by atoms with Crippen LogP contribution in [-0.4, -0.2) is 29.9 Å². The molecule has 28 heavy (non-hydrogen) atoms. The maximum absolute atomic E-state index is 13.1. The average molecular weight is 421 g/mol. The fourth-order valence-electron chi connectivity index (χ4n) is 3.46. The Morgan fingerprint density at radius 3 is 2.75 bits per heavy atom. The molecule has 148 valence electrons. The summed E-state index contributed by atoms with van der Waals surface area (Å²) in [6.07, 6.45) is 1.84. The SMILES string of the molecule is Cl.NC1CCCN(C(=O)c2oc3ccccc3c2COc2ccccc2Cl)C1. The van der Waals surface area contributed by atoms with Crippen LogP contribution in [0.15, 0.2) is 52.9 Å². The van der Waals surface area contributed by atoms with Gasteiger partial charge in [-0.2, -0.15) is 0 Å². The van der Waals surface area contributed by atoms with Crippen LogP contribution in [0, 0.1) is 0 Å². The smallest absolute Gasteiger partial charge is 0.290 e. The molecular weight excluding hydrogens is 399 g/mol. The number of fused-ring (bicyclic) bond motifs is 1. The van der Waals surface area contributed by atoms with Crippen molar-refractivity contribution in [3.63, 3.8) is 0 Å². The minimum absolute atomic E-state index is 0. The highest BCUT2D eigenvalue weighted by molar-refractivity contribution is 6.32. The molecule has 1 aliphatic rings. The lowest BCUT2D eigenvalue weighted by molar-refractivity contribution is 0.0675. The fraction of sp³-hybridized carbons (Fsp3) is 0.286. The van der Waals surface area contributed by atoms with Gasteiger partial charge in [-0.1, -0.05) is 41.9 Å². The van der Waals surface area contributed by atoms with Crippen LogP contribution >= 0.6 is 24.0 Å². The second-order valence-electron chi connectivity index (χ2n) is 6.78. The first-order valence-corrected chi connectivity index (χ1v) is 9.44. The second-order valence-corrected chi connectivity index (χ2v) is 7.19. The molecule has 3 aromatic rings. The second kappa shape index (κ2) is 8.86. The summed E-state index contributed by atoms with van der Waals surface area (Å²) in [5, 5.41) is 1.40. The number of carbonyl (C=O) groups is 1. The maximum Gasteiger partial charge on any atom is 0.290 e. The quantitative estimate of drug-likeness (QED) is 0.666. The van der Waals surface area contributed by atoms with Gasteiger partial charge in [0.05, 0.1) is 5.02 Å². The Morgan fingerprint density at radius 2 is 1.96 bits per heavy atom. The van der Waals surface area contributed by atoms with E-state index in [9.17, 15) is 4.79 Å². The molecule has 2 N–H and O–H groups in total. The third kappa shape index (κ3) is 4.12. The van der Waals surface area contributed by atoms with E-state index in [4.69, 9.17) is 26.5 Å². The number of hydrogen-bond acceptors (Lipinski definition) is 4. The molecule has 5 nitrogen and oxygen atoms in total. The lowest BCUT2D eigenvalue weighted by Gasteiger charge is -2.30. The van der Waals surface area contributed by atoms with E-state index in [1.165, 1.54) is 0 Å². The van der Waals surface area contributed by atoms with Gasteiger partial charge in [0.1, 0.15) is 17.9 Å². The van der Waals surface area contributed by atoms with Crippen molar-refractivity contribution in [2.75, 3.05) is 13.1 Å². The van der Waals surface area contributed by atoms with Gasteiger partial charge >= 0.3 is 0 Å². The van der Waals surface area contributed by atoms with E-state index in [-0.39, 0.29) is 31.0 Å². The molecular formula is C21H22Cl2N2O3. The van der Waals surface area contributed by atoms with Crippen molar-refractivity contribution >= 4 is 40.9 Å². The Balaban J connectivity index is 0.00000225. The Hall–Kier alpha value is -2.21. The van der Waals surface area contributed by atoms with Crippen LogP contribution in [0.2, 0.25) is 5.02 Å². The summed E-state index contributed by atoms with van der Waals surface area (Å²) in [6.45, 7) is 1.43. The number of likely N-dealkylation sites (tertiary alicyclic amines) is 1. The maximum atomic E-state index is 13.1. The van der Waals surface area contributed by atoms with Gasteiger partial charge in [-0.3, -0.25) is 4.79 Å². The minimum Gasteiger partial charge on any atom is -0.487 e. The van der Waals surface area contributed by atoms with Gasteiger partial charge in [-0.15, -0.1) is 12.4 Å². The van der Waals surface area contributed by atoms with Crippen molar-refractivity contribution in [2.45, 2.75) is 25.5 Å². The molecule has 1 fully saturated rings. The van der Waals surface area contributed by atoms with Gasteiger partial charge in [0.2, 0.25) is 0 Å². The highest BCUT2D eigenvalue weighted by atomic mass is 35.5. The van der Waals surface area contributed by atoms with E-state index in [2.05, 4.69) is 0 Å². The molecule has 1 unspecified atom stereocenters. The number of nitrogens with two attached hydrogens (primary N) is 1. The van der Waals surface area contributed by atoms with Crippen molar-refractivity contribution in [3.8, 4) is 5.75 Å². The lowest BCUT2D eigenvalue weighted by atomic mass is 10.1. The summed E-state index contributed by atoms with van der Waals surface area (Å²) < 4.78 is 11.8. The van der Waals surface area contributed by atoms with E-state index < -0.39 is 0 Å². The van der Waals surface area contributed by atoms with Gasteiger partial charge in [-0.25, -0.2) is 0 Å². The molecule has 0 spiro atoms. The van der Waals surface area contributed by atoms with Crippen LogP contribution in [-0.2, 0) is 6.61 Å². The topological polar surface area (TPSA) is 68.7 Å². The van der Waals surface area contributed by atoms with Crippen LogP contribution in [0.5, 0.6) is 5.75 Å². The lowest BCUT2D eigenvalue weighted by Crippen LogP contribution is -2.45. The zero-order valence-corrected chi connectivity index (χ0v) is 16.8. The largest absolute Gasteiger partial charge is 0.487 e.